The molecule has 0 saturated carbocycles. The standard InChI is InChI=1S/C13H20BNO3/c1-13(2)10-18-7-6-15(13)9-11-4-3-5-12(8-11)14(16)17/h3-5,8,16-17H,6-7,9-10H2,1-2H3. The molecule has 0 aromatic heterocycles. The van der Waals surface area contributed by atoms with Gasteiger partial charge in [-0.1, -0.05) is 24.3 Å². The largest absolute Gasteiger partial charge is 0.488 e. The van der Waals surface area contributed by atoms with Crippen LogP contribution in [-0.2, 0) is 11.3 Å². The van der Waals surface area contributed by atoms with E-state index in [1.807, 2.05) is 18.2 Å². The van der Waals surface area contributed by atoms with Crippen molar-refractivity contribution in [1.82, 2.24) is 4.90 Å². The Bertz CT molecular complexity index is 409. The smallest absolute Gasteiger partial charge is 0.423 e. The Morgan fingerprint density at radius 1 is 1.39 bits per heavy atom. The summed E-state index contributed by atoms with van der Waals surface area (Å²) >= 11 is 0. The van der Waals surface area contributed by atoms with Crippen molar-refractivity contribution in [2.75, 3.05) is 19.8 Å². The molecule has 0 radical (unpaired) electrons. The average Bonchev–Trinajstić information content (AvgIpc) is 2.32. The summed E-state index contributed by atoms with van der Waals surface area (Å²) < 4.78 is 5.49. The van der Waals surface area contributed by atoms with Crippen LogP contribution < -0.4 is 5.46 Å². The molecule has 1 aliphatic heterocycles. The van der Waals surface area contributed by atoms with E-state index in [2.05, 4.69) is 18.7 Å². The lowest BCUT2D eigenvalue weighted by molar-refractivity contribution is -0.0552. The van der Waals surface area contributed by atoms with Gasteiger partial charge in [-0.05, 0) is 24.9 Å². The van der Waals surface area contributed by atoms with Crippen LogP contribution in [0.5, 0.6) is 0 Å². The Hall–Kier alpha value is -0.875. The number of rotatable bonds is 3. The van der Waals surface area contributed by atoms with Crippen molar-refractivity contribution in [2.45, 2.75) is 25.9 Å². The predicted octanol–water partition coefficient (Wildman–Crippen LogP) is -0.0228. The SMILES string of the molecule is CC1(C)COCCN1Cc1cccc(B(O)O)c1. The maximum Gasteiger partial charge on any atom is 0.488 e. The minimum atomic E-state index is -1.40. The molecule has 0 bridgehead atoms. The van der Waals surface area contributed by atoms with Crippen LogP contribution in [0.2, 0.25) is 0 Å². The molecule has 1 aromatic rings. The van der Waals surface area contributed by atoms with Crippen molar-refractivity contribution in [3.8, 4) is 0 Å². The third-order valence-corrected chi connectivity index (χ3v) is 3.44. The Kier molecular flexibility index (Phi) is 4.07. The summed E-state index contributed by atoms with van der Waals surface area (Å²) in [6, 6.07) is 7.43. The fraction of sp³-hybridized carbons (Fsp3) is 0.538. The van der Waals surface area contributed by atoms with Gasteiger partial charge in [0.15, 0.2) is 0 Å². The van der Waals surface area contributed by atoms with E-state index in [1.54, 1.807) is 6.07 Å². The molecule has 4 nitrogen and oxygen atoms in total. The number of nitrogens with zero attached hydrogens (tertiary/aromatic N) is 1. The highest BCUT2D eigenvalue weighted by molar-refractivity contribution is 6.58. The van der Waals surface area contributed by atoms with Crippen LogP contribution in [0.25, 0.3) is 0 Å². The topological polar surface area (TPSA) is 52.9 Å². The Morgan fingerprint density at radius 3 is 2.83 bits per heavy atom. The summed E-state index contributed by atoms with van der Waals surface area (Å²) in [5.41, 5.74) is 1.65. The van der Waals surface area contributed by atoms with Crippen molar-refractivity contribution >= 4 is 12.6 Å². The van der Waals surface area contributed by atoms with Gasteiger partial charge in [-0.15, -0.1) is 0 Å². The lowest BCUT2D eigenvalue weighted by atomic mass is 9.79. The quantitative estimate of drug-likeness (QED) is 0.739. The van der Waals surface area contributed by atoms with Crippen molar-refractivity contribution < 1.29 is 14.8 Å². The van der Waals surface area contributed by atoms with Crippen molar-refractivity contribution in [3.05, 3.63) is 29.8 Å². The van der Waals surface area contributed by atoms with E-state index in [9.17, 15) is 10.0 Å². The van der Waals surface area contributed by atoms with E-state index in [0.29, 0.717) is 5.46 Å². The van der Waals surface area contributed by atoms with Gasteiger partial charge in [0.25, 0.3) is 0 Å². The highest BCUT2D eigenvalue weighted by Gasteiger charge is 2.30. The minimum absolute atomic E-state index is 0.0199. The maximum atomic E-state index is 9.18. The summed E-state index contributed by atoms with van der Waals surface area (Å²) in [5.74, 6) is 0. The first-order valence-electron chi connectivity index (χ1n) is 6.27. The Morgan fingerprint density at radius 2 is 2.17 bits per heavy atom. The van der Waals surface area contributed by atoms with Crippen LogP contribution >= 0.6 is 0 Å². The van der Waals surface area contributed by atoms with E-state index in [-0.39, 0.29) is 5.54 Å². The molecule has 1 fully saturated rings. The zero-order valence-electron chi connectivity index (χ0n) is 11.0. The number of hydrogen-bond donors (Lipinski definition) is 2. The third-order valence-electron chi connectivity index (χ3n) is 3.44. The van der Waals surface area contributed by atoms with Crippen molar-refractivity contribution in [1.29, 1.82) is 0 Å². The molecule has 18 heavy (non-hydrogen) atoms. The summed E-state index contributed by atoms with van der Waals surface area (Å²) in [6.45, 7) is 7.52. The van der Waals surface area contributed by atoms with E-state index in [4.69, 9.17) is 4.74 Å². The predicted molar refractivity (Wildman–Crippen MR) is 71.6 cm³/mol. The van der Waals surface area contributed by atoms with E-state index in [0.717, 1.165) is 31.9 Å². The lowest BCUT2D eigenvalue weighted by Gasteiger charge is -2.42. The van der Waals surface area contributed by atoms with Gasteiger partial charge in [0, 0.05) is 18.6 Å². The van der Waals surface area contributed by atoms with Gasteiger partial charge in [-0.25, -0.2) is 0 Å². The third kappa shape index (κ3) is 3.11. The summed E-state index contributed by atoms with van der Waals surface area (Å²) in [5, 5.41) is 18.4. The van der Waals surface area contributed by atoms with Crippen LogP contribution in [0.3, 0.4) is 0 Å². The lowest BCUT2D eigenvalue weighted by Crippen LogP contribution is -2.52. The first-order chi connectivity index (χ1) is 8.49. The second-order valence-electron chi connectivity index (χ2n) is 5.41. The molecule has 1 aliphatic rings. The molecule has 5 heteroatoms. The van der Waals surface area contributed by atoms with Gasteiger partial charge in [0.2, 0.25) is 0 Å². The number of hydrogen-bond acceptors (Lipinski definition) is 4. The van der Waals surface area contributed by atoms with Gasteiger partial charge in [0.1, 0.15) is 0 Å². The molecule has 0 spiro atoms. The summed E-state index contributed by atoms with van der Waals surface area (Å²) in [4.78, 5) is 2.36. The molecule has 2 rings (SSSR count). The molecule has 0 atom stereocenters. The van der Waals surface area contributed by atoms with Gasteiger partial charge < -0.3 is 14.8 Å². The molecule has 1 aromatic carbocycles. The number of benzene rings is 1. The molecule has 0 amide bonds. The second kappa shape index (κ2) is 5.40. The second-order valence-corrected chi connectivity index (χ2v) is 5.41. The van der Waals surface area contributed by atoms with Gasteiger partial charge in [0.05, 0.1) is 13.2 Å². The van der Waals surface area contributed by atoms with Crippen molar-refractivity contribution in [3.63, 3.8) is 0 Å². The monoisotopic (exact) mass is 249 g/mol. The summed E-state index contributed by atoms with van der Waals surface area (Å²) in [7, 11) is -1.40. The first-order valence-corrected chi connectivity index (χ1v) is 6.27. The molecule has 0 unspecified atom stereocenters. The van der Waals surface area contributed by atoms with Crippen molar-refractivity contribution in [2.24, 2.45) is 0 Å². The maximum absolute atomic E-state index is 9.18. The highest BCUT2D eigenvalue weighted by atomic mass is 16.5. The zero-order chi connectivity index (χ0) is 13.2. The fourth-order valence-electron chi connectivity index (χ4n) is 2.26. The molecule has 2 N–H and O–H groups in total. The Labute approximate surface area is 108 Å². The van der Waals surface area contributed by atoms with Gasteiger partial charge in [-0.2, -0.15) is 0 Å². The average molecular weight is 249 g/mol. The van der Waals surface area contributed by atoms with E-state index >= 15 is 0 Å². The Balaban J connectivity index is 2.11. The highest BCUT2D eigenvalue weighted by Crippen LogP contribution is 2.21. The molecule has 1 saturated heterocycles. The minimum Gasteiger partial charge on any atom is -0.423 e. The normalized spacial score (nSPS) is 19.8. The van der Waals surface area contributed by atoms with Gasteiger partial charge >= 0.3 is 7.12 Å². The molecular weight excluding hydrogens is 229 g/mol. The van der Waals surface area contributed by atoms with Gasteiger partial charge in [-0.3, -0.25) is 4.90 Å². The molecule has 0 aliphatic carbocycles. The molecule has 98 valence electrons. The first kappa shape index (κ1) is 13.6. The molecule has 1 heterocycles. The van der Waals surface area contributed by atoms with Crippen LogP contribution in [0.4, 0.5) is 0 Å². The number of morpholine rings is 1. The number of ether oxygens (including phenoxy) is 1. The van der Waals surface area contributed by atoms with Crippen LogP contribution in [0, 0.1) is 0 Å². The van der Waals surface area contributed by atoms with E-state index in [1.165, 1.54) is 0 Å². The molecular formula is C13H20BNO3. The van der Waals surface area contributed by atoms with Crippen LogP contribution in [0.1, 0.15) is 19.4 Å². The zero-order valence-corrected chi connectivity index (χ0v) is 11.0. The van der Waals surface area contributed by atoms with Crippen LogP contribution in [0.15, 0.2) is 24.3 Å². The van der Waals surface area contributed by atoms with E-state index < -0.39 is 7.12 Å². The van der Waals surface area contributed by atoms with Crippen LogP contribution in [-0.4, -0.2) is 47.4 Å². The summed E-state index contributed by atoms with van der Waals surface area (Å²) in [6.07, 6.45) is 0. The fourth-order valence-corrected chi connectivity index (χ4v) is 2.26.